The largest absolute Gasteiger partial charge is 0.465 e. The molecule has 114 valence electrons. The van der Waals surface area contributed by atoms with Crippen LogP contribution in [0.25, 0.3) is 0 Å². The first-order valence-corrected chi connectivity index (χ1v) is 6.17. The lowest BCUT2D eigenvalue weighted by atomic mass is 10.1. The standard InChI is InChI=1S/C13H17N3O5/c1-15(2)12(17)6-7-14-10-8-9(13(18)21-3)4-5-11(10)16(19)20/h4-5,8,14H,6-7H2,1-3H3. The minimum Gasteiger partial charge on any atom is -0.465 e. The van der Waals surface area contributed by atoms with Crippen LogP contribution in [0.4, 0.5) is 11.4 Å². The number of amides is 1. The number of nitrogens with one attached hydrogen (secondary N) is 1. The Morgan fingerprint density at radius 1 is 1.38 bits per heavy atom. The van der Waals surface area contributed by atoms with Crippen LogP contribution in [-0.2, 0) is 9.53 Å². The summed E-state index contributed by atoms with van der Waals surface area (Å²) in [7, 11) is 4.48. The lowest BCUT2D eigenvalue weighted by molar-refractivity contribution is -0.384. The maximum Gasteiger partial charge on any atom is 0.337 e. The van der Waals surface area contributed by atoms with E-state index in [4.69, 9.17) is 0 Å². The molecule has 0 saturated heterocycles. The first kappa shape index (κ1) is 16.4. The van der Waals surface area contributed by atoms with Crippen molar-refractivity contribution in [3.05, 3.63) is 33.9 Å². The Kier molecular flexibility index (Phi) is 5.65. The minimum absolute atomic E-state index is 0.103. The predicted molar refractivity (Wildman–Crippen MR) is 76.2 cm³/mol. The fourth-order valence-corrected chi connectivity index (χ4v) is 1.61. The Labute approximate surface area is 121 Å². The first-order chi connectivity index (χ1) is 9.86. The topological polar surface area (TPSA) is 102 Å². The SMILES string of the molecule is COC(=O)c1ccc([N+](=O)[O-])c(NCCC(=O)N(C)C)c1. The lowest BCUT2D eigenvalue weighted by Crippen LogP contribution is -2.24. The van der Waals surface area contributed by atoms with Gasteiger partial charge in [-0.2, -0.15) is 0 Å². The molecular weight excluding hydrogens is 278 g/mol. The van der Waals surface area contributed by atoms with Crippen molar-refractivity contribution < 1.29 is 19.2 Å². The summed E-state index contributed by atoms with van der Waals surface area (Å²) in [5.74, 6) is -0.688. The van der Waals surface area contributed by atoms with Gasteiger partial charge in [0.1, 0.15) is 5.69 Å². The van der Waals surface area contributed by atoms with Gasteiger partial charge in [-0.25, -0.2) is 4.79 Å². The van der Waals surface area contributed by atoms with Crippen LogP contribution in [0.1, 0.15) is 16.8 Å². The van der Waals surface area contributed by atoms with Gasteiger partial charge in [0, 0.05) is 33.1 Å². The third-order valence-electron chi connectivity index (χ3n) is 2.77. The van der Waals surface area contributed by atoms with Crippen LogP contribution in [-0.4, -0.2) is 49.4 Å². The summed E-state index contributed by atoms with van der Waals surface area (Å²) >= 11 is 0. The number of methoxy groups -OCH3 is 1. The van der Waals surface area contributed by atoms with Crippen molar-refractivity contribution in [3.8, 4) is 0 Å². The number of hydrogen-bond acceptors (Lipinski definition) is 6. The molecule has 1 amide bonds. The van der Waals surface area contributed by atoms with E-state index in [2.05, 4.69) is 10.1 Å². The molecule has 1 aromatic rings. The van der Waals surface area contributed by atoms with Gasteiger partial charge >= 0.3 is 5.97 Å². The Bertz CT molecular complexity index is 557. The van der Waals surface area contributed by atoms with E-state index in [-0.39, 0.29) is 35.8 Å². The van der Waals surface area contributed by atoms with Gasteiger partial charge in [-0.15, -0.1) is 0 Å². The van der Waals surface area contributed by atoms with Crippen LogP contribution in [0.3, 0.4) is 0 Å². The maximum atomic E-state index is 11.5. The summed E-state index contributed by atoms with van der Waals surface area (Å²) in [6, 6.07) is 3.88. The van der Waals surface area contributed by atoms with Crippen LogP contribution < -0.4 is 5.32 Å². The highest BCUT2D eigenvalue weighted by Gasteiger charge is 2.17. The molecule has 0 heterocycles. The number of nitrogens with zero attached hydrogens (tertiary/aromatic N) is 2. The van der Waals surface area contributed by atoms with Crippen LogP contribution in [0.5, 0.6) is 0 Å². The second kappa shape index (κ2) is 7.22. The Hall–Kier alpha value is -2.64. The van der Waals surface area contributed by atoms with Crippen LogP contribution in [0.2, 0.25) is 0 Å². The summed E-state index contributed by atoms with van der Waals surface area (Å²) in [4.78, 5) is 34.7. The number of hydrogen-bond donors (Lipinski definition) is 1. The molecule has 0 aliphatic rings. The van der Waals surface area contributed by atoms with E-state index in [1.54, 1.807) is 14.1 Å². The Morgan fingerprint density at radius 2 is 2.05 bits per heavy atom. The van der Waals surface area contributed by atoms with Crippen molar-refractivity contribution in [2.24, 2.45) is 0 Å². The van der Waals surface area contributed by atoms with Gasteiger partial charge in [0.2, 0.25) is 5.91 Å². The quantitative estimate of drug-likeness (QED) is 0.482. The molecule has 0 fully saturated rings. The van der Waals surface area contributed by atoms with Crippen molar-refractivity contribution >= 4 is 23.3 Å². The van der Waals surface area contributed by atoms with E-state index in [9.17, 15) is 19.7 Å². The normalized spacial score (nSPS) is 9.86. The fraction of sp³-hybridized carbons (Fsp3) is 0.385. The third-order valence-corrected chi connectivity index (χ3v) is 2.77. The minimum atomic E-state index is -0.586. The van der Waals surface area contributed by atoms with Crippen LogP contribution in [0, 0.1) is 10.1 Å². The lowest BCUT2D eigenvalue weighted by Gasteiger charge is -2.11. The Morgan fingerprint density at radius 3 is 2.57 bits per heavy atom. The molecule has 0 atom stereocenters. The molecule has 8 heteroatoms. The number of esters is 1. The highest BCUT2D eigenvalue weighted by molar-refractivity contribution is 5.91. The zero-order valence-corrected chi connectivity index (χ0v) is 12.1. The molecule has 21 heavy (non-hydrogen) atoms. The van der Waals surface area contributed by atoms with Crippen molar-refractivity contribution in [1.29, 1.82) is 0 Å². The number of benzene rings is 1. The molecule has 1 aromatic carbocycles. The van der Waals surface area contributed by atoms with Gasteiger partial charge in [0.25, 0.3) is 5.69 Å². The average molecular weight is 295 g/mol. The second-order valence-electron chi connectivity index (χ2n) is 4.45. The van der Waals surface area contributed by atoms with Gasteiger partial charge in [-0.3, -0.25) is 14.9 Å². The zero-order valence-electron chi connectivity index (χ0n) is 12.1. The van der Waals surface area contributed by atoms with Gasteiger partial charge in [0.05, 0.1) is 17.6 Å². The maximum absolute atomic E-state index is 11.5. The number of nitro benzene ring substituents is 1. The Balaban J connectivity index is 2.89. The second-order valence-corrected chi connectivity index (χ2v) is 4.45. The molecule has 1 N–H and O–H groups in total. The molecule has 0 aromatic heterocycles. The summed E-state index contributed by atoms with van der Waals surface area (Å²) in [5, 5.41) is 13.8. The van der Waals surface area contributed by atoms with Gasteiger partial charge in [-0.1, -0.05) is 0 Å². The number of rotatable bonds is 6. The van der Waals surface area contributed by atoms with Crippen molar-refractivity contribution in [2.45, 2.75) is 6.42 Å². The predicted octanol–water partition coefficient (Wildman–Crippen LogP) is 1.27. The third kappa shape index (κ3) is 4.44. The van der Waals surface area contributed by atoms with E-state index in [1.807, 2.05) is 0 Å². The molecule has 0 aliphatic carbocycles. The highest BCUT2D eigenvalue weighted by Crippen LogP contribution is 2.25. The molecule has 0 bridgehead atoms. The molecule has 0 radical (unpaired) electrons. The summed E-state index contributed by atoms with van der Waals surface area (Å²) in [6.07, 6.45) is 0.187. The molecule has 1 rings (SSSR count). The molecule has 0 aliphatic heterocycles. The number of nitro groups is 1. The molecular formula is C13H17N3O5. The van der Waals surface area contributed by atoms with E-state index in [1.165, 1.54) is 30.2 Å². The molecule has 0 saturated carbocycles. The fourth-order valence-electron chi connectivity index (χ4n) is 1.61. The van der Waals surface area contributed by atoms with Gasteiger partial charge in [0.15, 0.2) is 0 Å². The van der Waals surface area contributed by atoms with Gasteiger partial charge < -0.3 is 15.0 Å². The van der Waals surface area contributed by atoms with Crippen LogP contribution in [0.15, 0.2) is 18.2 Å². The number of anilines is 1. The number of carbonyl (C=O) groups excluding carboxylic acids is 2. The molecule has 0 unspecified atom stereocenters. The van der Waals surface area contributed by atoms with E-state index in [0.717, 1.165) is 0 Å². The highest BCUT2D eigenvalue weighted by atomic mass is 16.6. The van der Waals surface area contributed by atoms with Crippen molar-refractivity contribution in [2.75, 3.05) is 33.1 Å². The molecule has 8 nitrogen and oxygen atoms in total. The molecule has 0 spiro atoms. The van der Waals surface area contributed by atoms with Crippen molar-refractivity contribution in [3.63, 3.8) is 0 Å². The number of ether oxygens (including phenoxy) is 1. The van der Waals surface area contributed by atoms with Crippen molar-refractivity contribution in [1.82, 2.24) is 4.90 Å². The van der Waals surface area contributed by atoms with E-state index in [0.29, 0.717) is 0 Å². The van der Waals surface area contributed by atoms with Crippen LogP contribution >= 0.6 is 0 Å². The zero-order chi connectivity index (χ0) is 16.0. The smallest absolute Gasteiger partial charge is 0.337 e. The number of carbonyl (C=O) groups is 2. The summed E-state index contributed by atoms with van der Waals surface area (Å²) in [6.45, 7) is 0.225. The van der Waals surface area contributed by atoms with Gasteiger partial charge in [-0.05, 0) is 12.1 Å². The van der Waals surface area contributed by atoms with E-state index >= 15 is 0 Å². The first-order valence-electron chi connectivity index (χ1n) is 6.17. The monoisotopic (exact) mass is 295 g/mol. The average Bonchev–Trinajstić information content (AvgIpc) is 2.45. The summed E-state index contributed by atoms with van der Waals surface area (Å²) < 4.78 is 4.57. The summed E-state index contributed by atoms with van der Waals surface area (Å²) in [5.41, 5.74) is 0.207. The van der Waals surface area contributed by atoms with E-state index < -0.39 is 10.9 Å².